The normalized spacial score (nSPS) is 12.6. The molecule has 2 N–H and O–H groups in total. The van der Waals surface area contributed by atoms with Crippen molar-refractivity contribution in [2.45, 2.75) is 12.5 Å². The number of imidazole rings is 1. The molecule has 1 unspecified atom stereocenters. The minimum atomic E-state index is -0.375. The molecule has 0 radical (unpaired) electrons. The molecule has 3 nitrogen and oxygen atoms in total. The highest BCUT2D eigenvalue weighted by atomic mass is 35.5. The highest BCUT2D eigenvalue weighted by molar-refractivity contribution is 6.30. The van der Waals surface area contributed by atoms with Crippen LogP contribution in [0.4, 0.5) is 4.39 Å². The van der Waals surface area contributed by atoms with Crippen molar-refractivity contribution in [3.05, 3.63) is 52.8 Å². The van der Waals surface area contributed by atoms with Gasteiger partial charge in [-0.1, -0.05) is 23.7 Å². The third kappa shape index (κ3) is 2.65. The van der Waals surface area contributed by atoms with Crippen LogP contribution in [-0.4, -0.2) is 17.0 Å². The number of hydrogen-bond donors (Lipinski definition) is 2. The maximum atomic E-state index is 13.9. The number of aromatic amines is 1. The first-order valence-corrected chi connectivity index (χ1v) is 5.69. The van der Waals surface area contributed by atoms with Crippen LogP contribution in [-0.2, 0) is 6.42 Å². The molecule has 1 atom stereocenters. The smallest absolute Gasteiger partial charge is 0.146 e. The van der Waals surface area contributed by atoms with E-state index >= 15 is 0 Å². The number of halogens is 2. The summed E-state index contributed by atoms with van der Waals surface area (Å²) in [6.45, 7) is 0. The molecule has 1 aromatic carbocycles. The predicted octanol–water partition coefficient (Wildman–Crippen LogP) is 2.71. The molecule has 0 aliphatic heterocycles. The van der Waals surface area contributed by atoms with E-state index in [0.717, 1.165) is 5.82 Å². The number of H-pyrrole nitrogens is 1. The zero-order valence-electron chi connectivity index (χ0n) is 9.37. The fraction of sp³-hybridized carbons (Fsp3) is 0.250. The first-order chi connectivity index (χ1) is 8.22. The predicted molar refractivity (Wildman–Crippen MR) is 65.5 cm³/mol. The van der Waals surface area contributed by atoms with Gasteiger partial charge in [0.15, 0.2) is 0 Å². The van der Waals surface area contributed by atoms with Crippen LogP contribution < -0.4 is 5.32 Å². The van der Waals surface area contributed by atoms with E-state index in [0.29, 0.717) is 12.0 Å². The summed E-state index contributed by atoms with van der Waals surface area (Å²) in [5, 5.41) is 3.21. The van der Waals surface area contributed by atoms with Crippen LogP contribution in [0.3, 0.4) is 0 Å². The van der Waals surface area contributed by atoms with Crippen molar-refractivity contribution in [3.63, 3.8) is 0 Å². The third-order valence-electron chi connectivity index (χ3n) is 2.66. The summed E-state index contributed by atoms with van der Waals surface area (Å²) in [6.07, 6.45) is 4.01. The fourth-order valence-corrected chi connectivity index (χ4v) is 1.94. The Morgan fingerprint density at radius 2 is 2.35 bits per heavy atom. The molecule has 0 aliphatic rings. The molecule has 0 spiro atoms. The Balaban J connectivity index is 2.26. The fourth-order valence-electron chi connectivity index (χ4n) is 1.76. The Hall–Kier alpha value is -1.39. The van der Waals surface area contributed by atoms with Gasteiger partial charge in [0.05, 0.1) is 5.02 Å². The number of rotatable bonds is 4. The van der Waals surface area contributed by atoms with Crippen LogP contribution in [0.5, 0.6) is 0 Å². The molecule has 0 saturated carbocycles. The van der Waals surface area contributed by atoms with Crippen molar-refractivity contribution < 1.29 is 4.39 Å². The van der Waals surface area contributed by atoms with E-state index in [1.54, 1.807) is 37.6 Å². The molecule has 5 heteroatoms. The van der Waals surface area contributed by atoms with E-state index in [9.17, 15) is 4.39 Å². The number of nitrogens with zero attached hydrogens (tertiary/aromatic N) is 1. The van der Waals surface area contributed by atoms with Gasteiger partial charge in [0.25, 0.3) is 0 Å². The average Bonchev–Trinajstić information content (AvgIpc) is 2.83. The van der Waals surface area contributed by atoms with Crippen molar-refractivity contribution in [2.75, 3.05) is 7.05 Å². The van der Waals surface area contributed by atoms with E-state index in [2.05, 4.69) is 15.3 Å². The maximum absolute atomic E-state index is 13.9. The first-order valence-electron chi connectivity index (χ1n) is 5.31. The van der Waals surface area contributed by atoms with Crippen LogP contribution in [0.25, 0.3) is 0 Å². The summed E-state index contributed by atoms with van der Waals surface area (Å²) in [5.41, 5.74) is 0.552. The summed E-state index contributed by atoms with van der Waals surface area (Å²) in [4.78, 5) is 7.13. The van der Waals surface area contributed by atoms with Crippen LogP contribution >= 0.6 is 11.6 Å². The molecule has 90 valence electrons. The monoisotopic (exact) mass is 253 g/mol. The van der Waals surface area contributed by atoms with Crippen molar-refractivity contribution in [2.24, 2.45) is 0 Å². The summed E-state index contributed by atoms with van der Waals surface area (Å²) >= 11 is 5.77. The zero-order chi connectivity index (χ0) is 12.3. The maximum Gasteiger partial charge on any atom is 0.146 e. The lowest BCUT2D eigenvalue weighted by Gasteiger charge is -2.16. The molecule has 2 rings (SSSR count). The van der Waals surface area contributed by atoms with Crippen molar-refractivity contribution in [3.8, 4) is 0 Å². The second-order valence-corrected chi connectivity index (χ2v) is 4.13. The van der Waals surface area contributed by atoms with E-state index < -0.39 is 0 Å². The summed E-state index contributed by atoms with van der Waals surface area (Å²) in [6, 6.07) is 4.86. The quantitative estimate of drug-likeness (QED) is 0.880. The van der Waals surface area contributed by atoms with Gasteiger partial charge in [0.2, 0.25) is 0 Å². The highest BCUT2D eigenvalue weighted by Crippen LogP contribution is 2.24. The molecule has 17 heavy (non-hydrogen) atoms. The zero-order valence-corrected chi connectivity index (χ0v) is 10.1. The second-order valence-electron chi connectivity index (χ2n) is 3.72. The van der Waals surface area contributed by atoms with Gasteiger partial charge in [-0.25, -0.2) is 9.37 Å². The van der Waals surface area contributed by atoms with E-state index in [1.165, 1.54) is 0 Å². The van der Waals surface area contributed by atoms with Crippen LogP contribution in [0, 0.1) is 5.82 Å². The minimum Gasteiger partial charge on any atom is -0.349 e. The molecule has 0 bridgehead atoms. The number of nitrogens with one attached hydrogen (secondary N) is 2. The highest BCUT2D eigenvalue weighted by Gasteiger charge is 2.17. The molecule has 0 amide bonds. The number of likely N-dealkylation sites (N-methyl/N-ethyl adjacent to an activating group) is 1. The van der Waals surface area contributed by atoms with Crippen LogP contribution in [0.1, 0.15) is 17.4 Å². The molecular weight excluding hydrogens is 241 g/mol. The number of aromatic nitrogens is 2. The Morgan fingerprint density at radius 1 is 1.53 bits per heavy atom. The van der Waals surface area contributed by atoms with Gasteiger partial charge in [0.1, 0.15) is 11.6 Å². The first kappa shape index (κ1) is 12.1. The van der Waals surface area contributed by atoms with Crippen molar-refractivity contribution in [1.29, 1.82) is 0 Å². The lowest BCUT2D eigenvalue weighted by Crippen LogP contribution is -2.20. The standard InChI is InChI=1S/C12H13ClFN3/c1-15-10(7-11-16-5-6-17-11)8-3-2-4-9(13)12(8)14/h2-6,10,15H,7H2,1H3,(H,16,17). The van der Waals surface area contributed by atoms with Gasteiger partial charge in [-0.15, -0.1) is 0 Å². The molecule has 1 aromatic heterocycles. The lowest BCUT2D eigenvalue weighted by atomic mass is 10.0. The van der Waals surface area contributed by atoms with Gasteiger partial charge in [-0.05, 0) is 13.1 Å². The van der Waals surface area contributed by atoms with E-state index in [-0.39, 0.29) is 16.9 Å². The van der Waals surface area contributed by atoms with Crippen molar-refractivity contribution in [1.82, 2.24) is 15.3 Å². The molecule has 0 aliphatic carbocycles. The van der Waals surface area contributed by atoms with Crippen LogP contribution in [0.2, 0.25) is 5.02 Å². The van der Waals surface area contributed by atoms with Gasteiger partial charge >= 0.3 is 0 Å². The third-order valence-corrected chi connectivity index (χ3v) is 2.95. The number of hydrogen-bond acceptors (Lipinski definition) is 2. The number of benzene rings is 1. The Labute approximate surface area is 104 Å². The summed E-state index contributed by atoms with van der Waals surface area (Å²) < 4.78 is 13.9. The topological polar surface area (TPSA) is 40.7 Å². The largest absolute Gasteiger partial charge is 0.349 e. The van der Waals surface area contributed by atoms with E-state index in [1.807, 2.05) is 0 Å². The molecule has 0 fully saturated rings. The Bertz CT molecular complexity index is 485. The molecular formula is C12H13ClFN3. The Morgan fingerprint density at radius 3 is 3.00 bits per heavy atom. The molecule has 1 heterocycles. The van der Waals surface area contributed by atoms with Gasteiger partial charge in [0, 0.05) is 30.4 Å². The average molecular weight is 254 g/mol. The summed E-state index contributed by atoms with van der Waals surface area (Å²) in [5.74, 6) is 0.434. The van der Waals surface area contributed by atoms with Gasteiger partial charge in [-0.3, -0.25) is 0 Å². The van der Waals surface area contributed by atoms with E-state index in [4.69, 9.17) is 11.6 Å². The Kier molecular flexibility index (Phi) is 3.76. The van der Waals surface area contributed by atoms with Crippen LogP contribution in [0.15, 0.2) is 30.6 Å². The van der Waals surface area contributed by atoms with Gasteiger partial charge < -0.3 is 10.3 Å². The second kappa shape index (κ2) is 5.29. The molecule has 2 aromatic rings. The SMILES string of the molecule is CNC(Cc1ncc[nH]1)c1cccc(Cl)c1F. The lowest BCUT2D eigenvalue weighted by molar-refractivity contribution is 0.527. The molecule has 0 saturated heterocycles. The summed E-state index contributed by atoms with van der Waals surface area (Å²) in [7, 11) is 1.79. The minimum absolute atomic E-state index is 0.141. The van der Waals surface area contributed by atoms with Crippen molar-refractivity contribution >= 4 is 11.6 Å². The van der Waals surface area contributed by atoms with Gasteiger partial charge in [-0.2, -0.15) is 0 Å².